The van der Waals surface area contributed by atoms with Crippen molar-refractivity contribution in [3.05, 3.63) is 0 Å². The minimum absolute atomic E-state index is 0.201. The summed E-state index contributed by atoms with van der Waals surface area (Å²) < 4.78 is 31.1. The molecule has 0 amide bonds. The molecule has 0 heterocycles. The summed E-state index contributed by atoms with van der Waals surface area (Å²) in [6.07, 6.45) is 2.82. The maximum Gasteiger partial charge on any atom is 0.307 e. The Morgan fingerprint density at radius 1 is 1.16 bits per heavy atom. The Morgan fingerprint density at radius 3 is 2.32 bits per heavy atom. The number of carbonyl (C=O) groups excluding carboxylic acids is 1. The number of hydrogen-bond donors (Lipinski definition) is 1. The fourth-order valence-corrected chi connectivity index (χ4v) is 1.69. The van der Waals surface area contributed by atoms with E-state index in [0.717, 1.165) is 19.2 Å². The molecule has 0 atom stereocenters. The standard InChI is InChI=1S/C12H25NO5S/c1-12(2,3)18-11(14)7-9-13-8-5-6-10-17-19(4,15)16/h13H,5-10H2,1-4H3. The number of hydrogen-bond acceptors (Lipinski definition) is 6. The molecular weight excluding hydrogens is 270 g/mol. The van der Waals surface area contributed by atoms with Gasteiger partial charge < -0.3 is 10.1 Å². The van der Waals surface area contributed by atoms with Crippen LogP contribution in [0.25, 0.3) is 0 Å². The highest BCUT2D eigenvalue weighted by Gasteiger charge is 2.15. The SMILES string of the molecule is CC(C)(C)OC(=O)CCNCCCCOS(C)(=O)=O. The Balaban J connectivity index is 3.39. The van der Waals surface area contributed by atoms with Crippen LogP contribution < -0.4 is 5.32 Å². The first-order valence-corrected chi connectivity index (χ1v) is 8.19. The lowest BCUT2D eigenvalue weighted by Gasteiger charge is -2.19. The van der Waals surface area contributed by atoms with Gasteiger partial charge in [-0.05, 0) is 40.2 Å². The average molecular weight is 295 g/mol. The fraction of sp³-hybridized carbons (Fsp3) is 0.917. The monoisotopic (exact) mass is 295 g/mol. The van der Waals surface area contributed by atoms with Gasteiger partial charge in [0.25, 0.3) is 10.1 Å². The third-order valence-electron chi connectivity index (χ3n) is 1.97. The zero-order valence-electron chi connectivity index (χ0n) is 12.2. The van der Waals surface area contributed by atoms with Crippen LogP contribution in [0.5, 0.6) is 0 Å². The summed E-state index contributed by atoms with van der Waals surface area (Å²) in [4.78, 5) is 11.4. The van der Waals surface area contributed by atoms with Crippen LogP contribution in [0.2, 0.25) is 0 Å². The van der Waals surface area contributed by atoms with Gasteiger partial charge in [-0.25, -0.2) is 0 Å². The highest BCUT2D eigenvalue weighted by molar-refractivity contribution is 7.85. The molecule has 1 N–H and O–H groups in total. The number of esters is 1. The van der Waals surface area contributed by atoms with Gasteiger partial charge in [0, 0.05) is 6.54 Å². The molecule has 0 aliphatic carbocycles. The molecule has 0 aliphatic rings. The van der Waals surface area contributed by atoms with Crippen LogP contribution in [-0.4, -0.2) is 45.9 Å². The molecule has 114 valence electrons. The van der Waals surface area contributed by atoms with Crippen molar-refractivity contribution >= 4 is 16.1 Å². The highest BCUT2D eigenvalue weighted by Crippen LogP contribution is 2.07. The molecule has 0 rings (SSSR count). The van der Waals surface area contributed by atoms with Crippen LogP contribution >= 0.6 is 0 Å². The van der Waals surface area contributed by atoms with Crippen molar-refractivity contribution in [2.45, 2.75) is 45.6 Å². The van der Waals surface area contributed by atoms with E-state index in [1.54, 1.807) is 0 Å². The average Bonchev–Trinajstić information content (AvgIpc) is 2.17. The first kappa shape index (κ1) is 18.3. The van der Waals surface area contributed by atoms with Gasteiger partial charge in [-0.3, -0.25) is 8.98 Å². The van der Waals surface area contributed by atoms with Crippen LogP contribution in [0.15, 0.2) is 0 Å². The zero-order valence-corrected chi connectivity index (χ0v) is 13.0. The summed E-state index contributed by atoms with van der Waals surface area (Å²) in [5.74, 6) is -0.222. The van der Waals surface area contributed by atoms with Gasteiger partial charge in [0.2, 0.25) is 0 Å². The molecule has 0 unspecified atom stereocenters. The second-order valence-electron chi connectivity index (χ2n) is 5.32. The molecule has 0 radical (unpaired) electrons. The molecule has 0 saturated heterocycles. The van der Waals surface area contributed by atoms with Crippen LogP contribution in [0, 0.1) is 0 Å². The summed E-state index contributed by atoms with van der Waals surface area (Å²) in [6, 6.07) is 0. The molecule has 0 bridgehead atoms. The van der Waals surface area contributed by atoms with E-state index in [-0.39, 0.29) is 12.6 Å². The van der Waals surface area contributed by atoms with E-state index in [9.17, 15) is 13.2 Å². The van der Waals surface area contributed by atoms with Crippen LogP contribution in [-0.2, 0) is 23.8 Å². The molecule has 6 nitrogen and oxygen atoms in total. The second kappa shape index (κ2) is 8.50. The van der Waals surface area contributed by atoms with E-state index >= 15 is 0 Å². The molecule has 0 fully saturated rings. The highest BCUT2D eigenvalue weighted by atomic mass is 32.2. The molecule has 19 heavy (non-hydrogen) atoms. The first-order chi connectivity index (χ1) is 8.60. The van der Waals surface area contributed by atoms with Crippen LogP contribution in [0.3, 0.4) is 0 Å². The van der Waals surface area contributed by atoms with Crippen LogP contribution in [0.4, 0.5) is 0 Å². The maximum absolute atomic E-state index is 11.4. The van der Waals surface area contributed by atoms with E-state index < -0.39 is 15.7 Å². The Kier molecular flexibility index (Phi) is 8.20. The summed E-state index contributed by atoms with van der Waals surface area (Å²) in [6.45, 7) is 6.98. The van der Waals surface area contributed by atoms with Crippen molar-refractivity contribution < 1.29 is 22.1 Å². The first-order valence-electron chi connectivity index (χ1n) is 6.37. The summed E-state index contributed by atoms with van der Waals surface area (Å²) >= 11 is 0. The normalized spacial score (nSPS) is 12.4. The lowest BCUT2D eigenvalue weighted by Crippen LogP contribution is -2.27. The fourth-order valence-electron chi connectivity index (χ4n) is 1.27. The Bertz CT molecular complexity index is 359. The van der Waals surface area contributed by atoms with E-state index in [1.165, 1.54) is 0 Å². The Morgan fingerprint density at radius 2 is 1.79 bits per heavy atom. The van der Waals surface area contributed by atoms with Gasteiger partial charge in [-0.1, -0.05) is 0 Å². The lowest BCUT2D eigenvalue weighted by atomic mass is 10.2. The van der Waals surface area contributed by atoms with Gasteiger partial charge in [-0.2, -0.15) is 8.42 Å². The van der Waals surface area contributed by atoms with Crippen molar-refractivity contribution in [1.29, 1.82) is 0 Å². The molecule has 7 heteroatoms. The molecule has 0 aliphatic heterocycles. The summed E-state index contributed by atoms with van der Waals surface area (Å²) in [5.41, 5.74) is -0.444. The molecule has 0 spiro atoms. The van der Waals surface area contributed by atoms with E-state index in [0.29, 0.717) is 19.4 Å². The zero-order chi connectivity index (χ0) is 14.9. The number of rotatable bonds is 9. The smallest absolute Gasteiger partial charge is 0.307 e. The van der Waals surface area contributed by atoms with Gasteiger partial charge >= 0.3 is 5.97 Å². The van der Waals surface area contributed by atoms with E-state index in [1.807, 2.05) is 20.8 Å². The van der Waals surface area contributed by atoms with Gasteiger partial charge in [-0.15, -0.1) is 0 Å². The van der Waals surface area contributed by atoms with E-state index in [4.69, 9.17) is 4.74 Å². The van der Waals surface area contributed by atoms with Crippen molar-refractivity contribution in [2.24, 2.45) is 0 Å². The third-order valence-corrected chi connectivity index (χ3v) is 2.57. The topological polar surface area (TPSA) is 81.7 Å². The van der Waals surface area contributed by atoms with Crippen molar-refractivity contribution in [1.82, 2.24) is 5.32 Å². The molecule has 0 aromatic heterocycles. The van der Waals surface area contributed by atoms with Gasteiger partial charge in [0.1, 0.15) is 5.60 Å². The largest absolute Gasteiger partial charge is 0.460 e. The summed E-state index contributed by atoms with van der Waals surface area (Å²) in [7, 11) is -3.33. The third kappa shape index (κ3) is 15.3. The van der Waals surface area contributed by atoms with Crippen molar-refractivity contribution in [3.8, 4) is 0 Å². The predicted molar refractivity (Wildman–Crippen MR) is 73.4 cm³/mol. The summed E-state index contributed by atoms with van der Waals surface area (Å²) in [5, 5.41) is 3.09. The molecule has 0 saturated carbocycles. The quantitative estimate of drug-likeness (QED) is 0.389. The van der Waals surface area contributed by atoms with Gasteiger partial charge in [0.05, 0.1) is 19.3 Å². The van der Waals surface area contributed by atoms with Crippen LogP contribution in [0.1, 0.15) is 40.0 Å². The second-order valence-corrected chi connectivity index (χ2v) is 6.96. The predicted octanol–water partition coefficient (Wildman–Crippen LogP) is 1.06. The molecule has 0 aromatic carbocycles. The maximum atomic E-state index is 11.4. The molecule has 0 aromatic rings. The number of unbranched alkanes of at least 4 members (excludes halogenated alkanes) is 1. The minimum atomic E-state index is -3.33. The lowest BCUT2D eigenvalue weighted by molar-refractivity contribution is -0.154. The Labute approximate surface area is 116 Å². The Hall–Kier alpha value is -0.660. The minimum Gasteiger partial charge on any atom is -0.460 e. The number of nitrogens with one attached hydrogen (secondary N) is 1. The van der Waals surface area contributed by atoms with Crippen molar-refractivity contribution in [3.63, 3.8) is 0 Å². The molecular formula is C12H25NO5S. The van der Waals surface area contributed by atoms with Crippen molar-refractivity contribution in [2.75, 3.05) is 26.0 Å². The number of carbonyl (C=O) groups is 1. The van der Waals surface area contributed by atoms with E-state index in [2.05, 4.69) is 9.50 Å². The number of ether oxygens (including phenoxy) is 1. The van der Waals surface area contributed by atoms with Gasteiger partial charge in [0.15, 0.2) is 0 Å².